The number of carbonyl (C=O) groups excluding carboxylic acids is 1. The monoisotopic (exact) mass is 515 g/mol. The highest BCUT2D eigenvalue weighted by Gasteiger charge is 2.36. The number of aliphatic hydroxyl groups is 1. The van der Waals surface area contributed by atoms with Crippen molar-refractivity contribution in [3.8, 4) is 17.7 Å². The Morgan fingerprint density at radius 1 is 1.33 bits per heavy atom. The second-order valence-electron chi connectivity index (χ2n) is 9.49. The Labute approximate surface area is 211 Å². The van der Waals surface area contributed by atoms with Gasteiger partial charge in [-0.1, -0.05) is 24.8 Å². The van der Waals surface area contributed by atoms with Gasteiger partial charge in [0.2, 0.25) is 15.9 Å². The topological polar surface area (TPSA) is 100 Å². The number of pyridine rings is 1. The van der Waals surface area contributed by atoms with Crippen molar-refractivity contribution in [3.05, 3.63) is 53.5 Å². The number of benzene rings is 1. The summed E-state index contributed by atoms with van der Waals surface area (Å²) in [6, 6.07) is 5.99. The van der Waals surface area contributed by atoms with Crippen molar-refractivity contribution in [3.63, 3.8) is 0 Å². The smallest absolute Gasteiger partial charge is 0.259 e. The Morgan fingerprint density at radius 2 is 2.08 bits per heavy atom. The van der Waals surface area contributed by atoms with E-state index in [4.69, 9.17) is 4.74 Å². The van der Waals surface area contributed by atoms with Crippen molar-refractivity contribution in [2.45, 2.75) is 43.7 Å². The molecule has 1 N–H and O–H groups in total. The van der Waals surface area contributed by atoms with Gasteiger partial charge in [-0.15, -0.1) is 0 Å². The Kier molecular flexibility index (Phi) is 7.64. The van der Waals surface area contributed by atoms with Crippen molar-refractivity contribution in [1.29, 1.82) is 0 Å². The maximum Gasteiger partial charge on any atom is 0.259 e. The molecule has 1 fully saturated rings. The van der Waals surface area contributed by atoms with Gasteiger partial charge >= 0.3 is 0 Å². The molecular weight excluding hydrogens is 485 g/mol. The summed E-state index contributed by atoms with van der Waals surface area (Å²) in [5, 5.41) is 9.79. The average Bonchev–Trinajstić information content (AvgIpc) is 3.69. The van der Waals surface area contributed by atoms with Gasteiger partial charge in [0.25, 0.3) is 5.91 Å². The highest BCUT2D eigenvalue weighted by atomic mass is 32.2. The molecule has 2 heterocycles. The van der Waals surface area contributed by atoms with E-state index < -0.39 is 28.0 Å². The number of hydrogen-bond acceptors (Lipinski definition) is 6. The van der Waals surface area contributed by atoms with Crippen LogP contribution < -0.4 is 4.74 Å². The lowest BCUT2D eigenvalue weighted by Gasteiger charge is -2.37. The molecule has 8 nitrogen and oxygen atoms in total. The van der Waals surface area contributed by atoms with Crippen LogP contribution in [0.3, 0.4) is 0 Å². The third-order valence-corrected chi connectivity index (χ3v) is 8.28. The Hall–Kier alpha value is -3.00. The maximum atomic E-state index is 13.7. The number of aromatic nitrogens is 1. The molecule has 1 aliphatic carbocycles. The molecule has 1 amide bonds. The van der Waals surface area contributed by atoms with E-state index in [-0.39, 0.29) is 47.9 Å². The van der Waals surface area contributed by atoms with Gasteiger partial charge < -0.3 is 14.7 Å². The summed E-state index contributed by atoms with van der Waals surface area (Å²) in [4.78, 5) is 19.2. The molecule has 10 heteroatoms. The number of ether oxygens (including phenoxy) is 1. The van der Waals surface area contributed by atoms with Crippen molar-refractivity contribution in [2.75, 3.05) is 26.7 Å². The van der Waals surface area contributed by atoms with E-state index in [1.807, 2.05) is 6.92 Å². The number of hydrogen-bond donors (Lipinski definition) is 1. The highest BCUT2D eigenvalue weighted by molar-refractivity contribution is 7.89. The second-order valence-corrected chi connectivity index (χ2v) is 11.5. The van der Waals surface area contributed by atoms with E-state index in [2.05, 4.69) is 16.8 Å². The zero-order valence-corrected chi connectivity index (χ0v) is 21.3. The largest absolute Gasteiger partial charge is 0.472 e. The van der Waals surface area contributed by atoms with Gasteiger partial charge in [-0.05, 0) is 44.0 Å². The Bertz CT molecular complexity index is 1300. The molecule has 0 bridgehead atoms. The molecule has 4 rings (SSSR count). The minimum Gasteiger partial charge on any atom is -0.472 e. The van der Waals surface area contributed by atoms with E-state index in [1.165, 1.54) is 31.4 Å². The van der Waals surface area contributed by atoms with E-state index in [0.29, 0.717) is 11.5 Å². The number of carbonyl (C=O) groups is 1. The number of fused-ring (bicyclic) bond motifs is 1. The first kappa shape index (κ1) is 26.1. The van der Waals surface area contributed by atoms with Crippen LogP contribution in [0.2, 0.25) is 0 Å². The lowest BCUT2D eigenvalue weighted by Crippen LogP contribution is -2.50. The standard InChI is InChI=1S/C26H30FN3O5S/c1-17-14-30(18(2)16-31)26(32)23-11-20(10-9-19-7-8-19)13-28-25(23)35-24(17)15-29(3)36(33,34)22-6-4-5-21(27)12-22/h4-6,11-13,17-19,24,31H,7-8,14-16H2,1-3H3/t17-,18-,24-/m1/s1. The van der Waals surface area contributed by atoms with E-state index in [1.54, 1.807) is 17.9 Å². The highest BCUT2D eigenvalue weighted by Crippen LogP contribution is 2.29. The van der Waals surface area contributed by atoms with E-state index in [0.717, 1.165) is 23.2 Å². The normalized spacial score (nSPS) is 21.1. The maximum absolute atomic E-state index is 13.7. The molecule has 1 aromatic heterocycles. The fourth-order valence-electron chi connectivity index (χ4n) is 3.96. The summed E-state index contributed by atoms with van der Waals surface area (Å²) in [6.45, 7) is 3.53. The number of halogens is 1. The Morgan fingerprint density at radius 3 is 2.75 bits per heavy atom. The van der Waals surface area contributed by atoms with Crippen LogP contribution in [0.25, 0.3) is 0 Å². The zero-order valence-electron chi connectivity index (χ0n) is 20.5. The van der Waals surface area contributed by atoms with Crippen LogP contribution in [0.5, 0.6) is 5.88 Å². The molecule has 192 valence electrons. The summed E-state index contributed by atoms with van der Waals surface area (Å²) < 4.78 is 47.1. The average molecular weight is 516 g/mol. The van der Waals surface area contributed by atoms with Gasteiger partial charge in [-0.3, -0.25) is 4.79 Å². The summed E-state index contributed by atoms with van der Waals surface area (Å²) in [7, 11) is -2.59. The van der Waals surface area contributed by atoms with Crippen LogP contribution in [-0.2, 0) is 10.0 Å². The van der Waals surface area contributed by atoms with E-state index in [9.17, 15) is 22.7 Å². The summed E-state index contributed by atoms with van der Waals surface area (Å²) in [5.74, 6) is 5.39. The molecule has 2 aromatic rings. The summed E-state index contributed by atoms with van der Waals surface area (Å²) >= 11 is 0. The van der Waals surface area contributed by atoms with Crippen LogP contribution in [0, 0.1) is 29.5 Å². The first-order valence-corrected chi connectivity index (χ1v) is 13.4. The fraction of sp³-hybridized carbons (Fsp3) is 0.462. The number of likely N-dealkylation sites (N-methyl/N-ethyl adjacent to an activating group) is 1. The third-order valence-electron chi connectivity index (χ3n) is 6.46. The predicted molar refractivity (Wildman–Crippen MR) is 131 cm³/mol. The van der Waals surface area contributed by atoms with Gasteiger partial charge in [0, 0.05) is 37.2 Å². The number of rotatable bonds is 6. The molecule has 1 saturated carbocycles. The molecule has 3 atom stereocenters. The number of aliphatic hydroxyl groups excluding tert-OH is 1. The quantitative estimate of drug-likeness (QED) is 0.594. The van der Waals surface area contributed by atoms with E-state index >= 15 is 0 Å². The SMILES string of the molecule is C[C@@H]1CN([C@H](C)CO)C(=O)c2cc(C#CC3CC3)cnc2O[C@@H]1CN(C)S(=O)(=O)c1cccc(F)c1. The van der Waals surface area contributed by atoms with Crippen molar-refractivity contribution >= 4 is 15.9 Å². The molecule has 1 aliphatic heterocycles. The van der Waals surface area contributed by atoms with Gasteiger partial charge in [0.05, 0.1) is 24.1 Å². The van der Waals surface area contributed by atoms with Gasteiger partial charge in [0.1, 0.15) is 17.5 Å². The zero-order chi connectivity index (χ0) is 26.0. The molecule has 0 unspecified atom stereocenters. The predicted octanol–water partition coefficient (Wildman–Crippen LogP) is 2.52. The van der Waals surface area contributed by atoms with Crippen LogP contribution in [0.4, 0.5) is 4.39 Å². The summed E-state index contributed by atoms with van der Waals surface area (Å²) in [6.07, 6.45) is 3.01. The molecule has 1 aromatic carbocycles. The molecule has 0 saturated heterocycles. The van der Waals surface area contributed by atoms with Crippen molar-refractivity contribution < 1.29 is 27.4 Å². The van der Waals surface area contributed by atoms with Gasteiger partial charge in [0.15, 0.2) is 0 Å². The van der Waals surface area contributed by atoms with Crippen LogP contribution >= 0.6 is 0 Å². The van der Waals surface area contributed by atoms with Crippen molar-refractivity contribution in [2.24, 2.45) is 11.8 Å². The number of amides is 1. The lowest BCUT2D eigenvalue weighted by molar-refractivity contribution is 0.0373. The van der Waals surface area contributed by atoms with Gasteiger partial charge in [-0.25, -0.2) is 17.8 Å². The van der Waals surface area contributed by atoms with Crippen LogP contribution in [-0.4, -0.2) is 72.5 Å². The first-order chi connectivity index (χ1) is 17.1. The first-order valence-electron chi connectivity index (χ1n) is 11.9. The minimum atomic E-state index is -3.99. The number of sulfonamides is 1. The molecular formula is C26H30FN3O5S. The third kappa shape index (κ3) is 5.69. The van der Waals surface area contributed by atoms with Crippen LogP contribution in [0.1, 0.15) is 42.6 Å². The Balaban J connectivity index is 1.66. The minimum absolute atomic E-state index is 0.0556. The molecule has 36 heavy (non-hydrogen) atoms. The lowest BCUT2D eigenvalue weighted by atomic mass is 10.0. The molecule has 0 spiro atoms. The second kappa shape index (κ2) is 10.5. The molecule has 0 radical (unpaired) electrons. The van der Waals surface area contributed by atoms with Crippen molar-refractivity contribution in [1.82, 2.24) is 14.2 Å². The fourth-order valence-corrected chi connectivity index (χ4v) is 5.18. The number of nitrogens with zero attached hydrogens (tertiary/aromatic N) is 3. The van der Waals surface area contributed by atoms with Crippen LogP contribution in [0.15, 0.2) is 41.4 Å². The summed E-state index contributed by atoms with van der Waals surface area (Å²) in [5.41, 5.74) is 0.801. The molecule has 2 aliphatic rings. The van der Waals surface area contributed by atoms with Gasteiger partial charge in [-0.2, -0.15) is 4.31 Å².